The van der Waals surface area contributed by atoms with Crippen LogP contribution in [-0.2, 0) is 11.2 Å². The molecule has 0 saturated carbocycles. The number of urea groups is 1. The van der Waals surface area contributed by atoms with Gasteiger partial charge in [0.15, 0.2) is 0 Å². The summed E-state index contributed by atoms with van der Waals surface area (Å²) in [6, 6.07) is 13.5. The van der Waals surface area contributed by atoms with Crippen LogP contribution in [-0.4, -0.2) is 53.7 Å². The lowest BCUT2D eigenvalue weighted by molar-refractivity contribution is 0.124. The molecule has 1 N–H and O–H groups in total. The van der Waals surface area contributed by atoms with Gasteiger partial charge >= 0.3 is 12.1 Å². The average Bonchev–Trinajstić information content (AvgIpc) is 3.19. The van der Waals surface area contributed by atoms with E-state index in [1.54, 1.807) is 21.9 Å². The van der Waals surface area contributed by atoms with Gasteiger partial charge in [-0.25, -0.2) is 14.0 Å². The summed E-state index contributed by atoms with van der Waals surface area (Å²) < 4.78 is 18.5. The Kier molecular flexibility index (Phi) is 4.90. The quantitative estimate of drug-likeness (QED) is 0.880. The third kappa shape index (κ3) is 3.78. The largest absolute Gasteiger partial charge is 0.442 e. The van der Waals surface area contributed by atoms with Gasteiger partial charge in [0.2, 0.25) is 0 Å². The minimum Gasteiger partial charge on any atom is -0.442 e. The van der Waals surface area contributed by atoms with E-state index in [1.807, 2.05) is 31.2 Å². The highest BCUT2D eigenvalue weighted by Gasteiger charge is 2.48. The number of ether oxygens (including phenoxy) is 1. The lowest BCUT2D eigenvalue weighted by Gasteiger charge is -2.23. The molecule has 2 fully saturated rings. The normalized spacial score (nSPS) is 20.9. The summed E-state index contributed by atoms with van der Waals surface area (Å²) in [5.74, 6) is -0.282. The van der Waals surface area contributed by atoms with Crippen LogP contribution in [0.15, 0.2) is 48.5 Å². The van der Waals surface area contributed by atoms with E-state index in [-0.39, 0.29) is 30.1 Å². The fraction of sp³-hybridized carbons (Fsp3) is 0.333. The molecule has 4 rings (SSSR count). The molecule has 28 heavy (non-hydrogen) atoms. The van der Waals surface area contributed by atoms with Gasteiger partial charge < -0.3 is 15.0 Å². The van der Waals surface area contributed by atoms with Crippen LogP contribution in [0.2, 0.25) is 0 Å². The second-order valence-corrected chi connectivity index (χ2v) is 7.26. The molecule has 0 aromatic heterocycles. The van der Waals surface area contributed by atoms with E-state index in [9.17, 15) is 14.0 Å². The molecule has 0 aliphatic carbocycles. The molecule has 0 unspecified atom stereocenters. The number of fused-ring (bicyclic) bond motifs is 1. The van der Waals surface area contributed by atoms with E-state index in [2.05, 4.69) is 5.32 Å². The Morgan fingerprint density at radius 2 is 2.00 bits per heavy atom. The summed E-state index contributed by atoms with van der Waals surface area (Å²) in [4.78, 5) is 28.1. The molecule has 2 aliphatic rings. The third-order valence-corrected chi connectivity index (χ3v) is 5.24. The van der Waals surface area contributed by atoms with Crippen LogP contribution in [0.25, 0.3) is 0 Å². The minimum atomic E-state index is -0.351. The van der Waals surface area contributed by atoms with E-state index in [1.165, 1.54) is 12.1 Å². The fourth-order valence-electron chi connectivity index (χ4n) is 3.75. The highest BCUT2D eigenvalue weighted by molar-refractivity contribution is 5.90. The number of anilines is 1. The standard InChI is InChI=1S/C21H22FN3O3/c1-14-3-2-4-17(11-14)23-20(26)24-12-18-19(13-24)28-21(27)25(18)10-9-15-5-7-16(22)8-6-15/h2-8,11,18-19H,9-10,12-13H2,1H3,(H,23,26)/t18-,19+/m1/s1. The van der Waals surface area contributed by atoms with Crippen molar-refractivity contribution >= 4 is 17.8 Å². The predicted molar refractivity (Wildman–Crippen MR) is 103 cm³/mol. The van der Waals surface area contributed by atoms with Crippen molar-refractivity contribution < 1.29 is 18.7 Å². The van der Waals surface area contributed by atoms with Gasteiger partial charge in [0, 0.05) is 18.8 Å². The number of benzene rings is 2. The molecule has 0 radical (unpaired) electrons. The Morgan fingerprint density at radius 3 is 2.75 bits per heavy atom. The van der Waals surface area contributed by atoms with Crippen LogP contribution in [0, 0.1) is 12.7 Å². The number of nitrogens with one attached hydrogen (secondary N) is 1. The van der Waals surface area contributed by atoms with Crippen molar-refractivity contribution in [3.8, 4) is 0 Å². The molecule has 2 aromatic rings. The molecular weight excluding hydrogens is 361 g/mol. The van der Waals surface area contributed by atoms with Crippen LogP contribution in [0.4, 0.5) is 19.7 Å². The Hall–Kier alpha value is -3.09. The first-order valence-corrected chi connectivity index (χ1v) is 9.34. The number of aryl methyl sites for hydroxylation is 1. The molecule has 2 aliphatic heterocycles. The molecule has 0 bridgehead atoms. The van der Waals surface area contributed by atoms with Crippen molar-refractivity contribution in [2.45, 2.75) is 25.5 Å². The van der Waals surface area contributed by atoms with Crippen LogP contribution in [0.1, 0.15) is 11.1 Å². The number of carbonyl (C=O) groups excluding carboxylic acids is 2. The number of carbonyl (C=O) groups is 2. The number of nitrogens with zero attached hydrogens (tertiary/aromatic N) is 2. The van der Waals surface area contributed by atoms with Crippen LogP contribution < -0.4 is 5.32 Å². The maximum Gasteiger partial charge on any atom is 0.410 e. The summed E-state index contributed by atoms with van der Waals surface area (Å²) in [6.45, 7) is 3.24. The van der Waals surface area contributed by atoms with Crippen molar-refractivity contribution in [1.82, 2.24) is 9.80 Å². The Balaban J connectivity index is 1.36. The number of hydrogen-bond donors (Lipinski definition) is 1. The van der Waals surface area contributed by atoms with E-state index < -0.39 is 0 Å². The van der Waals surface area contributed by atoms with Gasteiger partial charge in [-0.05, 0) is 48.7 Å². The summed E-state index contributed by atoms with van der Waals surface area (Å²) in [5, 5.41) is 2.90. The molecular formula is C21H22FN3O3. The van der Waals surface area contributed by atoms with Gasteiger partial charge in [-0.1, -0.05) is 24.3 Å². The lowest BCUT2D eigenvalue weighted by Crippen LogP contribution is -2.41. The van der Waals surface area contributed by atoms with Crippen molar-refractivity contribution in [1.29, 1.82) is 0 Å². The van der Waals surface area contributed by atoms with E-state index >= 15 is 0 Å². The SMILES string of the molecule is Cc1cccc(NC(=O)N2C[C@@H]3OC(=O)N(CCc4ccc(F)cc4)[C@@H]3C2)c1. The maximum atomic E-state index is 13.0. The number of likely N-dealkylation sites (tertiary alicyclic amines) is 1. The summed E-state index contributed by atoms with van der Waals surface area (Å²) in [7, 11) is 0. The second kappa shape index (κ2) is 7.50. The van der Waals surface area contributed by atoms with Crippen LogP contribution in [0.5, 0.6) is 0 Å². The van der Waals surface area contributed by atoms with Crippen molar-refractivity contribution in [2.75, 3.05) is 25.0 Å². The second-order valence-electron chi connectivity index (χ2n) is 7.26. The molecule has 2 saturated heterocycles. The molecule has 3 amide bonds. The van der Waals surface area contributed by atoms with Crippen LogP contribution in [0.3, 0.4) is 0 Å². The molecule has 2 aromatic carbocycles. The first-order chi connectivity index (χ1) is 13.5. The Morgan fingerprint density at radius 1 is 1.21 bits per heavy atom. The van der Waals surface area contributed by atoms with Gasteiger partial charge in [-0.15, -0.1) is 0 Å². The number of rotatable bonds is 4. The minimum absolute atomic E-state index is 0.156. The van der Waals surface area contributed by atoms with Gasteiger partial charge in [0.25, 0.3) is 0 Å². The zero-order chi connectivity index (χ0) is 19.7. The van der Waals surface area contributed by atoms with Gasteiger partial charge in [0.1, 0.15) is 11.9 Å². The summed E-state index contributed by atoms with van der Waals surface area (Å²) >= 11 is 0. The molecule has 0 spiro atoms. The van der Waals surface area contributed by atoms with Crippen molar-refractivity contribution in [2.24, 2.45) is 0 Å². The van der Waals surface area contributed by atoms with E-state index in [0.29, 0.717) is 26.1 Å². The molecule has 7 heteroatoms. The maximum absolute atomic E-state index is 13.0. The molecule has 146 valence electrons. The first-order valence-electron chi connectivity index (χ1n) is 9.34. The smallest absolute Gasteiger partial charge is 0.410 e. The van der Waals surface area contributed by atoms with E-state index in [4.69, 9.17) is 4.74 Å². The average molecular weight is 383 g/mol. The van der Waals surface area contributed by atoms with Crippen LogP contribution >= 0.6 is 0 Å². The number of amides is 3. The first kappa shape index (κ1) is 18.3. The van der Waals surface area contributed by atoms with Crippen molar-refractivity contribution in [3.63, 3.8) is 0 Å². The third-order valence-electron chi connectivity index (χ3n) is 5.24. The Bertz CT molecular complexity index is 887. The zero-order valence-corrected chi connectivity index (χ0v) is 15.6. The molecule has 2 heterocycles. The monoisotopic (exact) mass is 383 g/mol. The number of hydrogen-bond acceptors (Lipinski definition) is 3. The topological polar surface area (TPSA) is 61.9 Å². The lowest BCUT2D eigenvalue weighted by atomic mass is 10.1. The van der Waals surface area contributed by atoms with Crippen molar-refractivity contribution in [3.05, 3.63) is 65.5 Å². The Labute approximate surface area is 162 Å². The number of halogens is 1. The highest BCUT2D eigenvalue weighted by Crippen LogP contribution is 2.27. The molecule has 6 nitrogen and oxygen atoms in total. The molecule has 2 atom stereocenters. The van der Waals surface area contributed by atoms with E-state index in [0.717, 1.165) is 16.8 Å². The summed E-state index contributed by atoms with van der Waals surface area (Å²) in [5.41, 5.74) is 2.76. The zero-order valence-electron chi connectivity index (χ0n) is 15.6. The van der Waals surface area contributed by atoms with Gasteiger partial charge in [-0.2, -0.15) is 0 Å². The highest BCUT2D eigenvalue weighted by atomic mass is 19.1. The summed E-state index contributed by atoms with van der Waals surface area (Å²) in [6.07, 6.45) is -0.0616. The predicted octanol–water partition coefficient (Wildman–Crippen LogP) is 3.41. The van der Waals surface area contributed by atoms with Gasteiger partial charge in [-0.3, -0.25) is 4.90 Å². The fourth-order valence-corrected chi connectivity index (χ4v) is 3.75. The van der Waals surface area contributed by atoms with Gasteiger partial charge in [0.05, 0.1) is 12.6 Å².